The van der Waals surface area contributed by atoms with Crippen LogP contribution in [0.15, 0.2) is 41.5 Å². The normalized spacial score (nSPS) is 10.7. The number of nitro benzene ring substituents is 1. The van der Waals surface area contributed by atoms with Crippen molar-refractivity contribution in [3.8, 4) is 5.75 Å². The third-order valence-corrected chi connectivity index (χ3v) is 3.24. The summed E-state index contributed by atoms with van der Waals surface area (Å²) in [5, 5.41) is 26.3. The van der Waals surface area contributed by atoms with E-state index in [9.17, 15) is 20.0 Å². The summed E-state index contributed by atoms with van der Waals surface area (Å²) >= 11 is 5.73. The molecule has 23 heavy (non-hydrogen) atoms. The van der Waals surface area contributed by atoms with Gasteiger partial charge in [-0.1, -0.05) is 29.8 Å². The zero-order valence-corrected chi connectivity index (χ0v) is 12.7. The van der Waals surface area contributed by atoms with Crippen LogP contribution in [-0.2, 0) is 0 Å². The molecular weight excluding hydrogens is 322 g/mol. The van der Waals surface area contributed by atoms with Crippen molar-refractivity contribution in [2.75, 3.05) is 0 Å². The predicted octanol–water partition coefficient (Wildman–Crippen LogP) is 2.39. The van der Waals surface area contributed by atoms with E-state index in [0.717, 1.165) is 17.8 Å². The maximum atomic E-state index is 11.9. The van der Waals surface area contributed by atoms with Crippen molar-refractivity contribution in [1.29, 1.82) is 0 Å². The molecule has 1 N–H and O–H groups in total. The molecule has 0 saturated carbocycles. The van der Waals surface area contributed by atoms with Crippen molar-refractivity contribution >= 4 is 29.4 Å². The molecule has 0 aliphatic rings. The minimum atomic E-state index is -0.826. The molecule has 0 heterocycles. The molecule has 0 radical (unpaired) electrons. The highest BCUT2D eigenvalue weighted by molar-refractivity contribution is 6.31. The molecule has 0 atom stereocenters. The van der Waals surface area contributed by atoms with E-state index in [2.05, 4.69) is 10.5 Å². The maximum absolute atomic E-state index is 11.9. The number of hydrazone groups is 1. The number of amides is 1. The Labute approximate surface area is 136 Å². The van der Waals surface area contributed by atoms with Crippen molar-refractivity contribution in [3.63, 3.8) is 0 Å². The second-order valence-corrected chi connectivity index (χ2v) is 5.05. The lowest BCUT2D eigenvalue weighted by Gasteiger charge is -2.10. The highest BCUT2D eigenvalue weighted by Crippen LogP contribution is 2.29. The van der Waals surface area contributed by atoms with Gasteiger partial charge in [0.2, 0.25) is 0 Å². The SMILES string of the molecule is Cc1ccccc1C(=O)N/N=C\c1cc(Cl)cc([N+](=O)[O-])c1[O-]. The number of rotatable bonds is 4. The number of nitrogens with one attached hydrogen (secondary N) is 1. The summed E-state index contributed by atoms with van der Waals surface area (Å²) < 4.78 is 0. The Morgan fingerprint density at radius 2 is 2.04 bits per heavy atom. The molecule has 7 nitrogen and oxygen atoms in total. The monoisotopic (exact) mass is 332 g/mol. The maximum Gasteiger partial charge on any atom is 0.271 e. The second kappa shape index (κ2) is 6.89. The summed E-state index contributed by atoms with van der Waals surface area (Å²) in [5.41, 5.74) is 2.73. The van der Waals surface area contributed by atoms with Gasteiger partial charge in [0.25, 0.3) is 11.6 Å². The van der Waals surface area contributed by atoms with Crippen LogP contribution in [0.5, 0.6) is 5.75 Å². The molecule has 8 heteroatoms. The van der Waals surface area contributed by atoms with Crippen molar-refractivity contribution in [2.45, 2.75) is 6.92 Å². The van der Waals surface area contributed by atoms with Crippen LogP contribution < -0.4 is 10.5 Å². The Hall–Kier alpha value is -2.93. The van der Waals surface area contributed by atoms with Gasteiger partial charge in [0.1, 0.15) is 0 Å². The molecule has 0 saturated heterocycles. The Balaban J connectivity index is 2.20. The molecular formula is C15H11ClN3O4-. The van der Waals surface area contributed by atoms with Crippen LogP contribution in [0.2, 0.25) is 5.02 Å². The summed E-state index contributed by atoms with van der Waals surface area (Å²) in [6.07, 6.45) is 1.03. The molecule has 0 aromatic heterocycles. The second-order valence-electron chi connectivity index (χ2n) is 4.61. The zero-order chi connectivity index (χ0) is 17.0. The minimum absolute atomic E-state index is 0.0305. The number of carbonyl (C=O) groups is 1. The fraction of sp³-hybridized carbons (Fsp3) is 0.0667. The van der Waals surface area contributed by atoms with E-state index in [0.29, 0.717) is 5.56 Å². The van der Waals surface area contributed by atoms with Crippen LogP contribution in [0, 0.1) is 17.0 Å². The molecule has 0 unspecified atom stereocenters. The van der Waals surface area contributed by atoms with E-state index in [1.807, 2.05) is 0 Å². The van der Waals surface area contributed by atoms with Crippen LogP contribution >= 0.6 is 11.6 Å². The largest absolute Gasteiger partial charge is 0.867 e. The third-order valence-electron chi connectivity index (χ3n) is 3.02. The highest BCUT2D eigenvalue weighted by atomic mass is 35.5. The van der Waals surface area contributed by atoms with Gasteiger partial charge in [0.15, 0.2) is 0 Å². The standard InChI is InChI=1S/C15H12ClN3O4/c1-9-4-2-3-5-12(9)15(21)18-17-8-10-6-11(16)7-13(14(10)20)19(22)23/h2-8,20H,1H3,(H,18,21)/p-1/b17-8-. The number of nitrogens with zero attached hydrogens (tertiary/aromatic N) is 2. The number of hydrogen-bond acceptors (Lipinski definition) is 5. The molecule has 0 fully saturated rings. The molecule has 2 aromatic rings. The van der Waals surface area contributed by atoms with Gasteiger partial charge in [-0.05, 0) is 35.9 Å². The van der Waals surface area contributed by atoms with Gasteiger partial charge in [-0.25, -0.2) is 5.43 Å². The number of nitro groups is 1. The van der Waals surface area contributed by atoms with E-state index in [1.165, 1.54) is 6.07 Å². The lowest BCUT2D eigenvalue weighted by atomic mass is 10.1. The van der Waals surface area contributed by atoms with Gasteiger partial charge >= 0.3 is 0 Å². The number of benzene rings is 2. The topological polar surface area (TPSA) is 108 Å². The first-order valence-electron chi connectivity index (χ1n) is 6.44. The first-order valence-corrected chi connectivity index (χ1v) is 6.82. The van der Waals surface area contributed by atoms with E-state index in [-0.39, 0.29) is 10.6 Å². The third kappa shape index (κ3) is 3.83. The lowest BCUT2D eigenvalue weighted by molar-refractivity contribution is -0.398. The predicted molar refractivity (Wildman–Crippen MR) is 83.8 cm³/mol. The summed E-state index contributed by atoms with van der Waals surface area (Å²) in [7, 11) is 0. The van der Waals surface area contributed by atoms with Crippen LogP contribution in [0.1, 0.15) is 21.5 Å². The average Bonchev–Trinajstić information content (AvgIpc) is 2.50. The Kier molecular flexibility index (Phi) is 4.92. The van der Waals surface area contributed by atoms with Gasteiger partial charge in [-0.3, -0.25) is 14.9 Å². The molecule has 2 rings (SSSR count). The summed E-state index contributed by atoms with van der Waals surface area (Å²) in [6.45, 7) is 1.77. The minimum Gasteiger partial charge on any atom is -0.867 e. The Bertz CT molecular complexity index is 805. The van der Waals surface area contributed by atoms with Crippen LogP contribution in [-0.4, -0.2) is 17.0 Å². The number of hydrogen-bond donors (Lipinski definition) is 1. The van der Waals surface area contributed by atoms with Gasteiger partial charge in [0.05, 0.1) is 11.1 Å². The quantitative estimate of drug-likeness (QED) is 0.526. The molecule has 0 aliphatic carbocycles. The van der Waals surface area contributed by atoms with Gasteiger partial charge < -0.3 is 5.11 Å². The Morgan fingerprint density at radius 3 is 2.70 bits per heavy atom. The van der Waals surface area contributed by atoms with Crippen LogP contribution in [0.3, 0.4) is 0 Å². The van der Waals surface area contributed by atoms with Gasteiger partial charge in [-0.15, -0.1) is 0 Å². The molecule has 0 aliphatic heterocycles. The fourth-order valence-electron chi connectivity index (χ4n) is 1.88. The first kappa shape index (κ1) is 16.4. The van der Waals surface area contributed by atoms with E-state index in [1.54, 1.807) is 31.2 Å². The summed E-state index contributed by atoms with van der Waals surface area (Å²) in [6, 6.07) is 9.11. The number of carbonyl (C=O) groups excluding carboxylic acids is 1. The molecule has 0 bridgehead atoms. The van der Waals surface area contributed by atoms with Crippen LogP contribution in [0.4, 0.5) is 5.69 Å². The summed E-state index contributed by atoms with van der Waals surface area (Å²) in [5.74, 6) is -1.28. The van der Waals surface area contributed by atoms with Gasteiger partial charge in [-0.2, -0.15) is 5.10 Å². The van der Waals surface area contributed by atoms with Crippen molar-refractivity contribution in [3.05, 3.63) is 68.2 Å². The van der Waals surface area contributed by atoms with Crippen LogP contribution in [0.25, 0.3) is 0 Å². The zero-order valence-electron chi connectivity index (χ0n) is 11.9. The van der Waals surface area contributed by atoms with Crippen molar-refractivity contribution < 1.29 is 14.8 Å². The first-order chi connectivity index (χ1) is 10.9. The van der Waals surface area contributed by atoms with E-state index in [4.69, 9.17) is 11.6 Å². The van der Waals surface area contributed by atoms with E-state index < -0.39 is 22.3 Å². The Morgan fingerprint density at radius 1 is 1.35 bits per heavy atom. The lowest BCUT2D eigenvalue weighted by Crippen LogP contribution is -2.18. The molecule has 0 spiro atoms. The fourth-order valence-corrected chi connectivity index (χ4v) is 2.10. The van der Waals surface area contributed by atoms with Gasteiger partial charge in [0, 0.05) is 16.7 Å². The molecule has 1 amide bonds. The molecule has 2 aromatic carbocycles. The number of halogens is 1. The summed E-state index contributed by atoms with van der Waals surface area (Å²) in [4.78, 5) is 21.9. The van der Waals surface area contributed by atoms with Crippen molar-refractivity contribution in [1.82, 2.24) is 5.43 Å². The molecule has 118 valence electrons. The van der Waals surface area contributed by atoms with E-state index >= 15 is 0 Å². The smallest absolute Gasteiger partial charge is 0.271 e. The average molecular weight is 333 g/mol. The number of aryl methyl sites for hydroxylation is 1. The highest BCUT2D eigenvalue weighted by Gasteiger charge is 2.11. The van der Waals surface area contributed by atoms with Crippen molar-refractivity contribution in [2.24, 2.45) is 5.10 Å².